The fourth-order valence-corrected chi connectivity index (χ4v) is 4.17. The molecule has 5 aromatic rings. The van der Waals surface area contributed by atoms with Crippen molar-refractivity contribution in [3.63, 3.8) is 0 Å². The maximum Gasteiger partial charge on any atom is 0.137 e. The quantitative estimate of drug-likeness (QED) is 0.438. The predicted molar refractivity (Wildman–Crippen MR) is 108 cm³/mol. The molecule has 4 aromatic heterocycles. The fraction of sp³-hybridized carbons (Fsp3) is 0.143. The maximum atomic E-state index is 6.51. The first-order valence-electron chi connectivity index (χ1n) is 8.68. The van der Waals surface area contributed by atoms with Crippen LogP contribution < -0.4 is 0 Å². The number of aromatic amines is 1. The van der Waals surface area contributed by atoms with Crippen molar-refractivity contribution in [3.05, 3.63) is 59.6 Å². The number of nitrogens with zero attached hydrogens (tertiary/aromatic N) is 3. The third-order valence-corrected chi connectivity index (χ3v) is 5.26. The molecule has 0 radical (unpaired) electrons. The lowest BCUT2D eigenvalue weighted by molar-refractivity contribution is 0.822. The van der Waals surface area contributed by atoms with Crippen LogP contribution in [-0.4, -0.2) is 19.5 Å². The second-order valence-electron chi connectivity index (χ2n) is 6.53. The molecule has 4 nitrogen and oxygen atoms in total. The Labute approximate surface area is 155 Å². The van der Waals surface area contributed by atoms with Crippen LogP contribution >= 0.6 is 11.6 Å². The zero-order valence-electron chi connectivity index (χ0n) is 14.5. The first-order valence-corrected chi connectivity index (χ1v) is 9.05. The van der Waals surface area contributed by atoms with Gasteiger partial charge in [-0.15, -0.1) is 0 Å². The molecule has 0 saturated carbocycles. The van der Waals surface area contributed by atoms with Crippen molar-refractivity contribution in [2.75, 3.05) is 0 Å². The summed E-state index contributed by atoms with van der Waals surface area (Å²) in [4.78, 5) is 12.2. The molecule has 128 valence electrons. The lowest BCUT2D eigenvalue weighted by Crippen LogP contribution is -1.97. The number of benzene rings is 1. The highest BCUT2D eigenvalue weighted by Gasteiger charge is 2.17. The van der Waals surface area contributed by atoms with E-state index in [2.05, 4.69) is 51.6 Å². The van der Waals surface area contributed by atoms with E-state index in [0.29, 0.717) is 0 Å². The van der Waals surface area contributed by atoms with Crippen LogP contribution in [0.1, 0.15) is 12.6 Å². The van der Waals surface area contributed by atoms with E-state index >= 15 is 0 Å². The van der Waals surface area contributed by atoms with Crippen LogP contribution in [0.2, 0.25) is 5.02 Å². The number of rotatable bonds is 2. The Morgan fingerprint density at radius 1 is 1.08 bits per heavy atom. The molecule has 5 heteroatoms. The monoisotopic (exact) mass is 360 g/mol. The van der Waals surface area contributed by atoms with Crippen molar-refractivity contribution < 1.29 is 0 Å². The molecule has 1 N–H and O–H groups in total. The van der Waals surface area contributed by atoms with Gasteiger partial charge in [-0.2, -0.15) is 0 Å². The number of pyridine rings is 2. The Kier molecular flexibility index (Phi) is 3.31. The molecule has 0 aliphatic heterocycles. The van der Waals surface area contributed by atoms with E-state index in [9.17, 15) is 0 Å². The minimum Gasteiger partial charge on any atom is -0.346 e. The average Bonchev–Trinajstić information content (AvgIpc) is 3.23. The van der Waals surface area contributed by atoms with Crippen LogP contribution in [0.3, 0.4) is 0 Å². The molecular weight excluding hydrogens is 344 g/mol. The summed E-state index contributed by atoms with van der Waals surface area (Å²) >= 11 is 6.51. The number of aromatic nitrogens is 4. The van der Waals surface area contributed by atoms with Gasteiger partial charge in [0.1, 0.15) is 5.65 Å². The third-order valence-electron chi connectivity index (χ3n) is 5.04. The van der Waals surface area contributed by atoms with Gasteiger partial charge in [-0.1, -0.05) is 11.6 Å². The summed E-state index contributed by atoms with van der Waals surface area (Å²) in [6, 6.07) is 10.4. The minimum atomic E-state index is 0.728. The number of fused-ring (bicyclic) bond motifs is 4. The van der Waals surface area contributed by atoms with Crippen LogP contribution in [0.15, 0.2) is 48.9 Å². The van der Waals surface area contributed by atoms with E-state index in [0.717, 1.165) is 44.8 Å². The highest BCUT2D eigenvalue weighted by Crippen LogP contribution is 2.39. The summed E-state index contributed by atoms with van der Waals surface area (Å²) in [6.45, 7) is 5.08. The normalized spacial score (nSPS) is 11.8. The largest absolute Gasteiger partial charge is 0.346 e. The SMILES string of the molecule is CCn1c2c(-c3cnc4[nH]ccc4c3)cc(Cl)cc2c2ccnc(C)c21. The highest BCUT2D eigenvalue weighted by atomic mass is 35.5. The van der Waals surface area contributed by atoms with E-state index in [1.54, 1.807) is 0 Å². The number of nitrogens with one attached hydrogen (secondary N) is 1. The van der Waals surface area contributed by atoms with Crippen LogP contribution in [0.4, 0.5) is 0 Å². The molecule has 4 heterocycles. The maximum absolute atomic E-state index is 6.51. The molecule has 26 heavy (non-hydrogen) atoms. The number of hydrogen-bond donors (Lipinski definition) is 1. The smallest absolute Gasteiger partial charge is 0.137 e. The van der Waals surface area contributed by atoms with Gasteiger partial charge in [-0.25, -0.2) is 4.98 Å². The van der Waals surface area contributed by atoms with Gasteiger partial charge in [0.05, 0.1) is 16.7 Å². The Morgan fingerprint density at radius 3 is 2.81 bits per heavy atom. The second-order valence-corrected chi connectivity index (χ2v) is 6.96. The molecule has 0 fully saturated rings. The van der Waals surface area contributed by atoms with Crippen LogP contribution in [-0.2, 0) is 6.54 Å². The van der Waals surface area contributed by atoms with Gasteiger partial charge in [0.15, 0.2) is 0 Å². The average molecular weight is 361 g/mol. The van der Waals surface area contributed by atoms with Gasteiger partial charge in [-0.05, 0) is 44.2 Å². The van der Waals surface area contributed by atoms with E-state index < -0.39 is 0 Å². The lowest BCUT2D eigenvalue weighted by atomic mass is 10.0. The van der Waals surface area contributed by atoms with Gasteiger partial charge in [-0.3, -0.25) is 4.98 Å². The molecule has 0 amide bonds. The van der Waals surface area contributed by atoms with E-state index in [1.165, 1.54) is 16.4 Å². The Morgan fingerprint density at radius 2 is 1.96 bits per heavy atom. The van der Waals surface area contributed by atoms with Gasteiger partial charge >= 0.3 is 0 Å². The molecule has 0 spiro atoms. The molecule has 5 rings (SSSR count). The van der Waals surface area contributed by atoms with Crippen LogP contribution in [0.25, 0.3) is 44.0 Å². The van der Waals surface area contributed by atoms with Crippen molar-refractivity contribution in [2.45, 2.75) is 20.4 Å². The molecule has 0 saturated heterocycles. The molecule has 0 bridgehead atoms. The molecule has 1 aromatic carbocycles. The summed E-state index contributed by atoms with van der Waals surface area (Å²) in [7, 11) is 0. The second kappa shape index (κ2) is 5.58. The molecular formula is C21H17ClN4. The zero-order chi connectivity index (χ0) is 17.8. The summed E-state index contributed by atoms with van der Waals surface area (Å²) in [5.74, 6) is 0. The molecule has 0 aliphatic rings. The number of halogens is 1. The van der Waals surface area contributed by atoms with Crippen molar-refractivity contribution in [1.82, 2.24) is 19.5 Å². The number of aryl methyl sites for hydroxylation is 2. The molecule has 0 atom stereocenters. The topological polar surface area (TPSA) is 46.5 Å². The highest BCUT2D eigenvalue weighted by molar-refractivity contribution is 6.32. The Bertz CT molecular complexity index is 1300. The van der Waals surface area contributed by atoms with E-state index in [1.807, 2.05) is 30.7 Å². The van der Waals surface area contributed by atoms with Crippen LogP contribution in [0, 0.1) is 6.92 Å². The number of hydrogen-bond acceptors (Lipinski definition) is 2. The van der Waals surface area contributed by atoms with E-state index in [-0.39, 0.29) is 0 Å². The first-order chi connectivity index (χ1) is 12.7. The first kappa shape index (κ1) is 15.4. The summed E-state index contributed by atoms with van der Waals surface area (Å²) < 4.78 is 2.33. The standard InChI is InChI=1S/C21H17ClN4/c1-3-26-19-12(2)23-7-5-16(19)18-10-15(22)9-17(20(18)26)14-8-13-4-6-24-21(13)25-11-14/h4-11H,3H2,1-2H3,(H,24,25). The van der Waals surface area contributed by atoms with Crippen molar-refractivity contribution in [2.24, 2.45) is 0 Å². The van der Waals surface area contributed by atoms with Gasteiger partial charge < -0.3 is 9.55 Å². The Balaban J connectivity index is 1.96. The lowest BCUT2D eigenvalue weighted by Gasteiger charge is -2.10. The zero-order valence-corrected chi connectivity index (χ0v) is 15.3. The summed E-state index contributed by atoms with van der Waals surface area (Å²) in [6.07, 6.45) is 5.69. The predicted octanol–water partition coefficient (Wildman–Crippen LogP) is 5.71. The Hall–Kier alpha value is -2.85. The molecule has 0 aliphatic carbocycles. The summed E-state index contributed by atoms with van der Waals surface area (Å²) in [5, 5.41) is 4.16. The van der Waals surface area contributed by atoms with Crippen LogP contribution in [0.5, 0.6) is 0 Å². The number of H-pyrrole nitrogens is 1. The van der Waals surface area contributed by atoms with Gasteiger partial charge in [0, 0.05) is 57.4 Å². The van der Waals surface area contributed by atoms with Gasteiger partial charge in [0.2, 0.25) is 0 Å². The van der Waals surface area contributed by atoms with Gasteiger partial charge in [0.25, 0.3) is 0 Å². The molecule has 0 unspecified atom stereocenters. The summed E-state index contributed by atoms with van der Waals surface area (Å²) in [5.41, 5.74) is 6.43. The minimum absolute atomic E-state index is 0.728. The fourth-order valence-electron chi connectivity index (χ4n) is 3.95. The third kappa shape index (κ3) is 2.09. The van der Waals surface area contributed by atoms with Crippen molar-refractivity contribution in [3.8, 4) is 11.1 Å². The van der Waals surface area contributed by atoms with Crippen molar-refractivity contribution >= 4 is 44.4 Å². The van der Waals surface area contributed by atoms with Crippen molar-refractivity contribution in [1.29, 1.82) is 0 Å². The van der Waals surface area contributed by atoms with E-state index in [4.69, 9.17) is 11.6 Å².